The van der Waals surface area contributed by atoms with Gasteiger partial charge in [0.2, 0.25) is 0 Å². The van der Waals surface area contributed by atoms with Crippen LogP contribution in [-0.2, 0) is 12.8 Å². The Morgan fingerprint density at radius 3 is 2.17 bits per heavy atom. The van der Waals surface area contributed by atoms with Crippen molar-refractivity contribution in [3.63, 3.8) is 0 Å². The maximum absolute atomic E-state index is 8.30. The summed E-state index contributed by atoms with van der Waals surface area (Å²) < 4.78 is 4.29. The Morgan fingerprint density at radius 2 is 2.17 bits per heavy atom. The van der Waals surface area contributed by atoms with Crippen LogP contribution in [0.1, 0.15) is 0 Å². The zero-order valence-corrected chi connectivity index (χ0v) is 6.04. The summed E-state index contributed by atoms with van der Waals surface area (Å²) in [4.78, 5) is 7.82. The van der Waals surface area contributed by atoms with E-state index >= 15 is 0 Å². The van der Waals surface area contributed by atoms with Gasteiger partial charge >= 0.3 is 47.5 Å². The van der Waals surface area contributed by atoms with Crippen LogP contribution in [0.15, 0.2) is 0 Å². The number of aliphatic hydroxyl groups is 1. The molecule has 0 atom stereocenters. The quantitative estimate of drug-likeness (QED) is 0.233. The Hall–Kier alpha value is 0.658. The molecule has 0 spiro atoms. The first-order chi connectivity index (χ1) is 2.77. The number of rotatable bonds is 1. The van der Waals surface area contributed by atoms with Gasteiger partial charge in [0, 0.05) is 0 Å². The molecule has 1 aliphatic heterocycles. The van der Waals surface area contributed by atoms with Crippen LogP contribution in [0.5, 0.6) is 0 Å². The summed E-state index contributed by atoms with van der Waals surface area (Å²) in [5.41, 5.74) is 0. The normalized spacial score (nSPS) is 27.0. The van der Waals surface area contributed by atoms with E-state index < -0.39 is 6.16 Å². The van der Waals surface area contributed by atoms with E-state index in [0.717, 1.165) is 0 Å². The summed E-state index contributed by atoms with van der Waals surface area (Å²) in [7, 11) is 0. The number of hydrogen-bond donors (Lipinski definition) is 1. The fraction of sp³-hybridized carbons (Fsp3) is 1.00. The summed E-state index contributed by atoms with van der Waals surface area (Å²) in [5.74, 6) is 0. The first kappa shape index (κ1) is 4.81. The monoisotopic (exact) mass is 200 g/mol. The standard InChI is InChI=1S/CHO4.Sb.2H/c2-1(3)4-5-1;;;/h2H;;;/q-1;+1;;. The molecule has 0 aromatic rings. The molecule has 0 aromatic carbocycles. The Morgan fingerprint density at radius 1 is 1.67 bits per heavy atom. The molecular formula is CH3O4Sb. The predicted molar refractivity (Wildman–Crippen MR) is 16.7 cm³/mol. The average Bonchev–Trinajstić information content (AvgIpc) is 2.22. The zero-order valence-electron chi connectivity index (χ0n) is 2.75. The van der Waals surface area contributed by atoms with Crippen molar-refractivity contribution in [1.29, 1.82) is 0 Å². The Kier molecular flexibility index (Phi) is 1.05. The van der Waals surface area contributed by atoms with Gasteiger partial charge in [-0.15, -0.1) is 0 Å². The second-order valence-corrected chi connectivity index (χ2v) is 1.48. The average molecular weight is 201 g/mol. The first-order valence-electron chi connectivity index (χ1n) is 1.24. The Bertz CT molecular complexity index is 58.6. The van der Waals surface area contributed by atoms with Crippen molar-refractivity contribution in [2.75, 3.05) is 0 Å². The third kappa shape index (κ3) is 0.832. The van der Waals surface area contributed by atoms with E-state index in [-0.39, 0.29) is 0 Å². The van der Waals surface area contributed by atoms with Gasteiger partial charge in [0.25, 0.3) is 0 Å². The Balaban J connectivity index is 2.28. The summed E-state index contributed by atoms with van der Waals surface area (Å²) >= 11 is 0.466. The third-order valence-corrected chi connectivity index (χ3v) is 1.22. The topological polar surface area (TPSA) is 54.5 Å². The zero-order chi connectivity index (χ0) is 4.62. The minimum absolute atomic E-state index is 0.466. The SMILES string of the molecule is OC1([O][SbH2])OO1. The van der Waals surface area contributed by atoms with Gasteiger partial charge in [-0.1, -0.05) is 0 Å². The van der Waals surface area contributed by atoms with Gasteiger partial charge in [0.05, 0.1) is 0 Å². The summed E-state index contributed by atoms with van der Waals surface area (Å²) in [5, 5.41) is 8.30. The molecule has 0 bridgehead atoms. The molecule has 0 aliphatic carbocycles. The number of hydrogen-bond acceptors (Lipinski definition) is 4. The van der Waals surface area contributed by atoms with Gasteiger partial charge < -0.3 is 0 Å². The van der Waals surface area contributed by atoms with Crippen LogP contribution >= 0.6 is 0 Å². The van der Waals surface area contributed by atoms with Gasteiger partial charge in [0.15, 0.2) is 0 Å². The molecule has 0 aromatic heterocycles. The van der Waals surface area contributed by atoms with E-state index in [9.17, 15) is 0 Å². The maximum atomic E-state index is 8.30. The van der Waals surface area contributed by atoms with Crippen LogP contribution in [0.3, 0.4) is 0 Å². The molecule has 5 heteroatoms. The van der Waals surface area contributed by atoms with Crippen LogP contribution in [0.4, 0.5) is 0 Å². The molecule has 4 nitrogen and oxygen atoms in total. The molecule has 1 N–H and O–H groups in total. The van der Waals surface area contributed by atoms with Crippen LogP contribution < -0.4 is 0 Å². The van der Waals surface area contributed by atoms with Crippen molar-refractivity contribution in [2.45, 2.75) is 6.16 Å². The molecule has 36 valence electrons. The third-order valence-electron chi connectivity index (χ3n) is 0.375. The molecular weight excluding hydrogens is 198 g/mol. The molecule has 1 fully saturated rings. The summed E-state index contributed by atoms with van der Waals surface area (Å²) in [6.07, 6.45) is -1.65. The fourth-order valence-electron chi connectivity index (χ4n) is 0.0749. The van der Waals surface area contributed by atoms with Gasteiger partial charge in [0.1, 0.15) is 0 Å². The second kappa shape index (κ2) is 1.32. The first-order valence-corrected chi connectivity index (χ1v) is 2.58. The van der Waals surface area contributed by atoms with Crippen molar-refractivity contribution in [3.05, 3.63) is 0 Å². The van der Waals surface area contributed by atoms with Crippen molar-refractivity contribution in [2.24, 2.45) is 0 Å². The molecule has 1 heterocycles. The van der Waals surface area contributed by atoms with E-state index in [2.05, 4.69) is 12.8 Å². The Labute approximate surface area is 48.0 Å². The van der Waals surface area contributed by atoms with Crippen LogP contribution in [0.25, 0.3) is 0 Å². The van der Waals surface area contributed by atoms with E-state index in [0.29, 0.717) is 23.4 Å². The van der Waals surface area contributed by atoms with E-state index in [1.807, 2.05) is 0 Å². The second-order valence-electron chi connectivity index (χ2n) is 0.808. The van der Waals surface area contributed by atoms with Crippen molar-refractivity contribution in [3.8, 4) is 0 Å². The van der Waals surface area contributed by atoms with Crippen LogP contribution in [-0.4, -0.2) is 34.7 Å². The van der Waals surface area contributed by atoms with Gasteiger partial charge in [-0.05, 0) is 0 Å². The van der Waals surface area contributed by atoms with E-state index in [1.165, 1.54) is 0 Å². The molecule has 0 amide bonds. The van der Waals surface area contributed by atoms with Crippen molar-refractivity contribution >= 4 is 23.4 Å². The van der Waals surface area contributed by atoms with Crippen molar-refractivity contribution in [1.82, 2.24) is 0 Å². The summed E-state index contributed by atoms with van der Waals surface area (Å²) in [6.45, 7) is 0. The molecule has 0 saturated carbocycles. The molecule has 1 rings (SSSR count). The molecule has 1 saturated heterocycles. The van der Waals surface area contributed by atoms with Crippen molar-refractivity contribution < 1.29 is 17.9 Å². The molecule has 6 heavy (non-hydrogen) atoms. The van der Waals surface area contributed by atoms with Gasteiger partial charge in [-0.3, -0.25) is 0 Å². The molecule has 1 aliphatic rings. The predicted octanol–water partition coefficient (Wildman–Crippen LogP) is -1.88. The minimum atomic E-state index is -1.65. The van der Waals surface area contributed by atoms with E-state index in [1.54, 1.807) is 0 Å². The van der Waals surface area contributed by atoms with Gasteiger partial charge in [-0.25, -0.2) is 0 Å². The van der Waals surface area contributed by atoms with E-state index in [4.69, 9.17) is 5.11 Å². The van der Waals surface area contributed by atoms with Gasteiger partial charge in [-0.2, -0.15) is 0 Å². The van der Waals surface area contributed by atoms with Crippen LogP contribution in [0.2, 0.25) is 0 Å². The fourth-order valence-corrected chi connectivity index (χ4v) is 0.299. The van der Waals surface area contributed by atoms with Crippen LogP contribution in [0, 0.1) is 0 Å². The molecule has 0 unspecified atom stereocenters. The summed E-state index contributed by atoms with van der Waals surface area (Å²) in [6, 6.07) is 0. The molecule has 0 radical (unpaired) electrons.